The van der Waals surface area contributed by atoms with Gasteiger partial charge in [0.1, 0.15) is 6.29 Å². The summed E-state index contributed by atoms with van der Waals surface area (Å²) in [7, 11) is 0. The Kier molecular flexibility index (Phi) is 22.0. The molecule has 0 bridgehead atoms. The van der Waals surface area contributed by atoms with Gasteiger partial charge in [-0.15, -0.1) is 0 Å². The molecular formula is C2H4AgO. The fourth-order valence-corrected chi connectivity index (χ4v) is 0. The first-order valence-electron chi connectivity index (χ1n) is 0.813. The zero-order valence-corrected chi connectivity index (χ0v) is 3.77. The molecule has 29 valence electrons. The van der Waals surface area contributed by atoms with Gasteiger partial charge in [-0.2, -0.15) is 0 Å². The van der Waals surface area contributed by atoms with Crippen LogP contribution in [0.4, 0.5) is 0 Å². The van der Waals surface area contributed by atoms with Crippen LogP contribution in [0.5, 0.6) is 0 Å². The largest absolute Gasteiger partial charge is 0.304 e. The minimum Gasteiger partial charge on any atom is -0.304 e. The summed E-state index contributed by atoms with van der Waals surface area (Å²) in [6.45, 7) is 1.44. The molecule has 0 aromatic heterocycles. The monoisotopic (exact) mass is 151 g/mol. The molecule has 0 rings (SSSR count). The van der Waals surface area contributed by atoms with Gasteiger partial charge in [0.2, 0.25) is 0 Å². The maximum absolute atomic E-state index is 8.81. The van der Waals surface area contributed by atoms with Crippen LogP contribution in [-0.4, -0.2) is 6.29 Å². The predicted octanol–water partition coefficient (Wildman–Crippen LogP) is 0.203. The van der Waals surface area contributed by atoms with Crippen molar-refractivity contribution in [3.05, 3.63) is 0 Å². The number of hydrogen-bond donors (Lipinski definition) is 0. The van der Waals surface area contributed by atoms with Gasteiger partial charge in [0.25, 0.3) is 0 Å². The zero-order chi connectivity index (χ0) is 2.71. The second kappa shape index (κ2) is 9.96. The molecule has 0 unspecified atom stereocenters. The van der Waals surface area contributed by atoms with E-state index in [0.29, 0.717) is 0 Å². The Morgan fingerprint density at radius 3 is 1.75 bits per heavy atom. The number of carbonyl (C=O) groups is 1. The molecule has 0 N–H and O–H groups in total. The standard InChI is InChI=1S/C2H4O.Ag/c1-2-3;/h2H,1H3;. The minimum absolute atomic E-state index is 0. The van der Waals surface area contributed by atoms with Gasteiger partial charge in [0, 0.05) is 22.4 Å². The van der Waals surface area contributed by atoms with E-state index in [2.05, 4.69) is 0 Å². The van der Waals surface area contributed by atoms with E-state index in [1.807, 2.05) is 0 Å². The molecule has 0 aliphatic heterocycles. The second-order valence-electron chi connectivity index (χ2n) is 0.236. The van der Waals surface area contributed by atoms with Gasteiger partial charge in [0.05, 0.1) is 0 Å². The summed E-state index contributed by atoms with van der Waals surface area (Å²) in [5.41, 5.74) is 0. The van der Waals surface area contributed by atoms with Crippen LogP contribution in [0.1, 0.15) is 6.92 Å². The van der Waals surface area contributed by atoms with Gasteiger partial charge in [-0.3, -0.25) is 0 Å². The molecular weight excluding hydrogens is 148 g/mol. The fourth-order valence-electron chi connectivity index (χ4n) is 0. The summed E-state index contributed by atoms with van der Waals surface area (Å²) in [4.78, 5) is 8.81. The van der Waals surface area contributed by atoms with E-state index in [0.717, 1.165) is 6.29 Å². The van der Waals surface area contributed by atoms with Crippen molar-refractivity contribution in [2.75, 3.05) is 0 Å². The summed E-state index contributed by atoms with van der Waals surface area (Å²) in [5.74, 6) is 0. The van der Waals surface area contributed by atoms with Gasteiger partial charge in [-0.1, -0.05) is 0 Å². The Labute approximate surface area is 40.9 Å². The average molecular weight is 152 g/mol. The van der Waals surface area contributed by atoms with E-state index in [4.69, 9.17) is 4.79 Å². The molecule has 0 aliphatic rings. The smallest absolute Gasteiger partial charge is 0.116 e. The van der Waals surface area contributed by atoms with Crippen molar-refractivity contribution in [2.45, 2.75) is 6.92 Å². The molecule has 0 atom stereocenters. The Bertz CT molecular complexity index is 13.5. The SMILES string of the molecule is CC=O.[Ag]. The molecule has 0 aromatic carbocycles. The maximum atomic E-state index is 8.81. The average Bonchev–Trinajstić information content (AvgIpc) is 0.918. The topological polar surface area (TPSA) is 17.1 Å². The summed E-state index contributed by atoms with van der Waals surface area (Å²) in [6, 6.07) is 0. The van der Waals surface area contributed by atoms with E-state index >= 15 is 0 Å². The zero-order valence-electron chi connectivity index (χ0n) is 2.29. The Morgan fingerprint density at radius 1 is 1.75 bits per heavy atom. The van der Waals surface area contributed by atoms with Crippen molar-refractivity contribution in [2.24, 2.45) is 0 Å². The van der Waals surface area contributed by atoms with Crippen molar-refractivity contribution in [3.8, 4) is 0 Å². The number of rotatable bonds is 0. The molecule has 0 saturated carbocycles. The molecule has 0 heterocycles. The van der Waals surface area contributed by atoms with Gasteiger partial charge in [-0.25, -0.2) is 0 Å². The van der Waals surface area contributed by atoms with Gasteiger partial charge in [-0.05, 0) is 6.92 Å². The predicted molar refractivity (Wildman–Crippen MR) is 11.7 cm³/mol. The summed E-state index contributed by atoms with van der Waals surface area (Å²) in [5, 5.41) is 0. The van der Waals surface area contributed by atoms with E-state index in [1.165, 1.54) is 6.92 Å². The second-order valence-corrected chi connectivity index (χ2v) is 0.236. The molecule has 4 heavy (non-hydrogen) atoms. The van der Waals surface area contributed by atoms with Crippen molar-refractivity contribution in [3.63, 3.8) is 0 Å². The first-order chi connectivity index (χ1) is 1.41. The van der Waals surface area contributed by atoms with Crippen LogP contribution >= 0.6 is 0 Å². The third-order valence-electron chi connectivity index (χ3n) is 0. The fraction of sp³-hybridized carbons (Fsp3) is 0.500. The molecule has 0 fully saturated rings. The molecule has 1 nitrogen and oxygen atoms in total. The molecule has 0 saturated heterocycles. The summed E-state index contributed by atoms with van der Waals surface area (Å²) < 4.78 is 0. The first-order valence-corrected chi connectivity index (χ1v) is 0.813. The minimum atomic E-state index is 0. The number of carbonyl (C=O) groups excluding carboxylic acids is 1. The summed E-state index contributed by atoms with van der Waals surface area (Å²) in [6.07, 6.45) is 0.750. The first kappa shape index (κ1) is 8.83. The molecule has 2 heteroatoms. The Hall–Kier alpha value is 0.410. The van der Waals surface area contributed by atoms with Crippen LogP contribution in [0.2, 0.25) is 0 Å². The molecule has 0 aliphatic carbocycles. The van der Waals surface area contributed by atoms with Crippen LogP contribution in [0.25, 0.3) is 0 Å². The quantitative estimate of drug-likeness (QED) is 0.358. The molecule has 0 amide bonds. The third kappa shape index (κ3) is 28.5. The third-order valence-corrected chi connectivity index (χ3v) is 0. The van der Waals surface area contributed by atoms with Gasteiger partial charge >= 0.3 is 0 Å². The normalized spacial score (nSPS) is 3.25. The van der Waals surface area contributed by atoms with Crippen molar-refractivity contribution in [1.82, 2.24) is 0 Å². The van der Waals surface area contributed by atoms with Crippen LogP contribution in [0.3, 0.4) is 0 Å². The summed E-state index contributed by atoms with van der Waals surface area (Å²) >= 11 is 0. The van der Waals surface area contributed by atoms with Crippen molar-refractivity contribution < 1.29 is 27.2 Å². The van der Waals surface area contributed by atoms with E-state index in [-0.39, 0.29) is 22.4 Å². The van der Waals surface area contributed by atoms with Crippen LogP contribution in [-0.2, 0) is 27.2 Å². The van der Waals surface area contributed by atoms with E-state index < -0.39 is 0 Å². The maximum Gasteiger partial charge on any atom is 0.116 e. The molecule has 0 spiro atoms. The Balaban J connectivity index is 0. The van der Waals surface area contributed by atoms with Crippen LogP contribution in [0.15, 0.2) is 0 Å². The number of aldehydes is 1. The number of hydrogen-bond acceptors (Lipinski definition) is 1. The molecule has 1 radical (unpaired) electrons. The van der Waals surface area contributed by atoms with Crippen LogP contribution in [0, 0.1) is 0 Å². The van der Waals surface area contributed by atoms with Gasteiger partial charge < -0.3 is 4.79 Å². The van der Waals surface area contributed by atoms with E-state index in [9.17, 15) is 0 Å². The van der Waals surface area contributed by atoms with Crippen molar-refractivity contribution >= 4 is 6.29 Å². The van der Waals surface area contributed by atoms with Crippen molar-refractivity contribution in [1.29, 1.82) is 0 Å². The van der Waals surface area contributed by atoms with Crippen LogP contribution < -0.4 is 0 Å². The van der Waals surface area contributed by atoms with E-state index in [1.54, 1.807) is 0 Å². The molecule has 0 aromatic rings. The Morgan fingerprint density at radius 2 is 1.75 bits per heavy atom. The van der Waals surface area contributed by atoms with Gasteiger partial charge in [0.15, 0.2) is 0 Å².